The molecule has 0 amide bonds. The standard InChI is InChI=1S/C16H32N2/c1-12-9-14(12)11-18(5)10-13-7-6-8-16(2,3)15(13)17-4/h12-15,17H,6-11H2,1-5H3. The van der Waals surface area contributed by atoms with E-state index in [1.807, 2.05) is 0 Å². The van der Waals surface area contributed by atoms with Gasteiger partial charge in [0.05, 0.1) is 0 Å². The van der Waals surface area contributed by atoms with Gasteiger partial charge >= 0.3 is 0 Å². The molecule has 0 spiro atoms. The minimum absolute atomic E-state index is 0.464. The number of nitrogens with one attached hydrogen (secondary N) is 1. The molecule has 2 rings (SSSR count). The van der Waals surface area contributed by atoms with E-state index in [0.717, 1.165) is 17.8 Å². The fourth-order valence-corrected chi connectivity index (χ4v) is 4.13. The van der Waals surface area contributed by atoms with Crippen LogP contribution in [-0.2, 0) is 0 Å². The Bertz CT molecular complexity index is 274. The van der Waals surface area contributed by atoms with Crippen molar-refractivity contribution < 1.29 is 0 Å². The van der Waals surface area contributed by atoms with Crippen LogP contribution >= 0.6 is 0 Å². The van der Waals surface area contributed by atoms with Gasteiger partial charge in [-0.1, -0.05) is 27.2 Å². The largest absolute Gasteiger partial charge is 0.316 e. The number of rotatable bonds is 5. The van der Waals surface area contributed by atoms with Crippen molar-refractivity contribution in [2.75, 3.05) is 27.2 Å². The third-order valence-corrected chi connectivity index (χ3v) is 5.39. The lowest BCUT2D eigenvalue weighted by molar-refractivity contribution is 0.0891. The zero-order valence-corrected chi connectivity index (χ0v) is 13.0. The molecule has 2 saturated carbocycles. The molecule has 0 radical (unpaired) electrons. The van der Waals surface area contributed by atoms with Gasteiger partial charge in [0, 0.05) is 19.1 Å². The van der Waals surface area contributed by atoms with E-state index in [4.69, 9.17) is 0 Å². The molecule has 2 heteroatoms. The SMILES string of the molecule is CNC1C(CN(C)CC2CC2C)CCCC1(C)C. The van der Waals surface area contributed by atoms with Crippen LogP contribution in [0.15, 0.2) is 0 Å². The fourth-order valence-electron chi connectivity index (χ4n) is 4.13. The lowest BCUT2D eigenvalue weighted by Crippen LogP contribution is -2.51. The third-order valence-electron chi connectivity index (χ3n) is 5.39. The summed E-state index contributed by atoms with van der Waals surface area (Å²) in [6.07, 6.45) is 5.64. The van der Waals surface area contributed by atoms with Crippen LogP contribution in [0.5, 0.6) is 0 Å². The highest BCUT2D eigenvalue weighted by Crippen LogP contribution is 2.40. The van der Waals surface area contributed by atoms with Gasteiger partial charge in [-0.05, 0) is 56.5 Å². The van der Waals surface area contributed by atoms with Gasteiger partial charge in [-0.2, -0.15) is 0 Å². The van der Waals surface area contributed by atoms with E-state index in [2.05, 4.69) is 45.1 Å². The molecule has 106 valence electrons. The minimum Gasteiger partial charge on any atom is -0.316 e. The van der Waals surface area contributed by atoms with Crippen LogP contribution in [-0.4, -0.2) is 38.1 Å². The third kappa shape index (κ3) is 3.27. The Balaban J connectivity index is 1.86. The molecule has 4 atom stereocenters. The summed E-state index contributed by atoms with van der Waals surface area (Å²) in [7, 11) is 4.47. The first kappa shape index (κ1) is 14.3. The summed E-state index contributed by atoms with van der Waals surface area (Å²) >= 11 is 0. The summed E-state index contributed by atoms with van der Waals surface area (Å²) in [5.74, 6) is 2.80. The lowest BCUT2D eigenvalue weighted by Gasteiger charge is -2.45. The van der Waals surface area contributed by atoms with Crippen molar-refractivity contribution in [2.24, 2.45) is 23.2 Å². The summed E-state index contributed by atoms with van der Waals surface area (Å²) in [5, 5.41) is 3.60. The molecule has 0 bridgehead atoms. The summed E-state index contributed by atoms with van der Waals surface area (Å²) in [4.78, 5) is 2.59. The van der Waals surface area contributed by atoms with Gasteiger partial charge in [0.15, 0.2) is 0 Å². The number of hydrogen-bond donors (Lipinski definition) is 1. The predicted octanol–water partition coefficient (Wildman–Crippen LogP) is 2.99. The Morgan fingerprint density at radius 3 is 2.39 bits per heavy atom. The molecule has 4 unspecified atom stereocenters. The smallest absolute Gasteiger partial charge is 0.0156 e. The van der Waals surface area contributed by atoms with Crippen LogP contribution in [0.25, 0.3) is 0 Å². The van der Waals surface area contributed by atoms with Crippen molar-refractivity contribution in [3.8, 4) is 0 Å². The first-order valence-corrected chi connectivity index (χ1v) is 7.80. The van der Waals surface area contributed by atoms with Crippen LogP contribution in [0.3, 0.4) is 0 Å². The highest BCUT2D eigenvalue weighted by atomic mass is 15.1. The van der Waals surface area contributed by atoms with E-state index in [0.29, 0.717) is 11.5 Å². The van der Waals surface area contributed by atoms with Crippen molar-refractivity contribution in [1.29, 1.82) is 0 Å². The van der Waals surface area contributed by atoms with E-state index in [-0.39, 0.29) is 0 Å². The molecule has 0 saturated heterocycles. The molecule has 1 N–H and O–H groups in total. The molecule has 2 aliphatic rings. The van der Waals surface area contributed by atoms with E-state index in [1.165, 1.54) is 38.8 Å². The van der Waals surface area contributed by atoms with E-state index in [1.54, 1.807) is 0 Å². The summed E-state index contributed by atoms with van der Waals surface area (Å²) in [6.45, 7) is 9.85. The maximum Gasteiger partial charge on any atom is 0.0156 e. The molecule has 0 heterocycles. The summed E-state index contributed by atoms with van der Waals surface area (Å²) < 4.78 is 0. The molecule has 0 aromatic rings. The van der Waals surface area contributed by atoms with Crippen molar-refractivity contribution in [3.05, 3.63) is 0 Å². The van der Waals surface area contributed by atoms with Gasteiger partial charge in [-0.25, -0.2) is 0 Å². The first-order valence-electron chi connectivity index (χ1n) is 7.80. The van der Waals surface area contributed by atoms with Crippen molar-refractivity contribution in [2.45, 2.75) is 52.5 Å². The predicted molar refractivity (Wildman–Crippen MR) is 78.7 cm³/mol. The molecule has 2 aliphatic carbocycles. The van der Waals surface area contributed by atoms with Crippen LogP contribution in [0.2, 0.25) is 0 Å². The molecular formula is C16H32N2. The van der Waals surface area contributed by atoms with Crippen molar-refractivity contribution in [1.82, 2.24) is 10.2 Å². The average molecular weight is 252 g/mol. The van der Waals surface area contributed by atoms with Crippen molar-refractivity contribution in [3.63, 3.8) is 0 Å². The second-order valence-electron chi connectivity index (χ2n) is 7.60. The zero-order chi connectivity index (χ0) is 13.3. The molecule has 18 heavy (non-hydrogen) atoms. The van der Waals surface area contributed by atoms with E-state index < -0.39 is 0 Å². The highest BCUT2D eigenvalue weighted by Gasteiger charge is 2.39. The Hall–Kier alpha value is -0.0800. The Kier molecular flexibility index (Phi) is 4.38. The van der Waals surface area contributed by atoms with Gasteiger partial charge in [0.1, 0.15) is 0 Å². The zero-order valence-electron chi connectivity index (χ0n) is 13.0. The van der Waals surface area contributed by atoms with Crippen LogP contribution in [0, 0.1) is 23.2 Å². The van der Waals surface area contributed by atoms with Crippen LogP contribution in [0.4, 0.5) is 0 Å². The molecule has 0 aromatic heterocycles. The Morgan fingerprint density at radius 1 is 1.22 bits per heavy atom. The highest BCUT2D eigenvalue weighted by molar-refractivity contribution is 4.94. The van der Waals surface area contributed by atoms with Gasteiger partial charge in [-0.15, -0.1) is 0 Å². The van der Waals surface area contributed by atoms with Crippen molar-refractivity contribution >= 4 is 0 Å². The second kappa shape index (κ2) is 5.50. The van der Waals surface area contributed by atoms with Crippen LogP contribution < -0.4 is 5.32 Å². The van der Waals surface area contributed by atoms with E-state index in [9.17, 15) is 0 Å². The molecular weight excluding hydrogens is 220 g/mol. The quantitative estimate of drug-likeness (QED) is 0.809. The van der Waals surface area contributed by atoms with Crippen LogP contribution in [0.1, 0.15) is 46.5 Å². The van der Waals surface area contributed by atoms with E-state index >= 15 is 0 Å². The molecule has 0 aromatic carbocycles. The van der Waals surface area contributed by atoms with Gasteiger partial charge in [-0.3, -0.25) is 0 Å². The van der Waals surface area contributed by atoms with Gasteiger partial charge < -0.3 is 10.2 Å². The summed E-state index contributed by atoms with van der Waals surface area (Å²) in [6, 6.07) is 0.685. The molecule has 2 fully saturated rings. The van der Waals surface area contributed by atoms with Gasteiger partial charge in [0.2, 0.25) is 0 Å². The maximum atomic E-state index is 3.60. The second-order valence-corrected chi connectivity index (χ2v) is 7.60. The first-order chi connectivity index (χ1) is 8.44. The number of nitrogens with zero attached hydrogens (tertiary/aromatic N) is 1. The lowest BCUT2D eigenvalue weighted by atomic mass is 9.68. The van der Waals surface area contributed by atoms with Gasteiger partial charge in [0.25, 0.3) is 0 Å². The fraction of sp³-hybridized carbons (Fsp3) is 1.00. The number of hydrogen-bond acceptors (Lipinski definition) is 2. The Labute approximate surface area is 114 Å². The topological polar surface area (TPSA) is 15.3 Å². The average Bonchev–Trinajstić information content (AvgIpc) is 2.92. The molecule has 0 aliphatic heterocycles. The maximum absolute atomic E-state index is 3.60. The molecule has 2 nitrogen and oxygen atoms in total. The monoisotopic (exact) mass is 252 g/mol. The normalized spacial score (nSPS) is 39.0. The minimum atomic E-state index is 0.464. The Morgan fingerprint density at radius 2 is 1.83 bits per heavy atom. The summed E-state index contributed by atoms with van der Waals surface area (Å²) in [5.41, 5.74) is 0.464.